The van der Waals surface area contributed by atoms with Gasteiger partial charge in [-0.25, -0.2) is 19.0 Å². The fourth-order valence-corrected chi connectivity index (χ4v) is 1.87. The second-order valence-electron chi connectivity index (χ2n) is 3.56. The molecule has 0 N–H and O–H groups in total. The molecule has 0 fully saturated rings. The Kier molecular flexibility index (Phi) is 2.38. The fourth-order valence-electron chi connectivity index (χ4n) is 1.87. The summed E-state index contributed by atoms with van der Waals surface area (Å²) in [5.74, 6) is 0. The summed E-state index contributed by atoms with van der Waals surface area (Å²) in [7, 11) is 1.97. The van der Waals surface area contributed by atoms with Crippen LogP contribution in [-0.4, -0.2) is 22.0 Å². The van der Waals surface area contributed by atoms with Crippen molar-refractivity contribution in [3.8, 4) is 0 Å². The second kappa shape index (κ2) is 3.56. The highest BCUT2D eigenvalue weighted by Gasteiger charge is 2.22. The van der Waals surface area contributed by atoms with Crippen LogP contribution in [0.3, 0.4) is 0 Å². The summed E-state index contributed by atoms with van der Waals surface area (Å²) in [5, 5.41) is 0. The SMILES string of the molecule is BCCC1C=CCn2c(=O)n(F)c(=O)n21. The minimum absolute atomic E-state index is 0.207. The molecule has 0 radical (unpaired) electrons. The lowest BCUT2D eigenvalue weighted by Gasteiger charge is -2.19. The lowest BCUT2D eigenvalue weighted by molar-refractivity contribution is 0.332. The van der Waals surface area contributed by atoms with Gasteiger partial charge in [-0.05, 0) is 6.42 Å². The molecule has 1 aliphatic heterocycles. The smallest absolute Gasteiger partial charge is 0.243 e. The number of allylic oxidation sites excluding steroid dienone is 2. The predicted molar refractivity (Wildman–Crippen MR) is 55.6 cm³/mol. The summed E-state index contributed by atoms with van der Waals surface area (Å²) in [6.45, 7) is 0.255. The average molecular weight is 211 g/mol. The number of halogens is 1. The molecule has 2 rings (SSSR count). The molecule has 15 heavy (non-hydrogen) atoms. The maximum atomic E-state index is 13.0. The van der Waals surface area contributed by atoms with Crippen LogP contribution in [0.25, 0.3) is 0 Å². The standard InChI is InChI=1S/C8H11BFN3O2/c9-4-3-6-2-1-5-11-7(14)12(10)8(15)13(6)11/h1-2,6H,3-5,9H2. The van der Waals surface area contributed by atoms with E-state index in [0.29, 0.717) is 0 Å². The van der Waals surface area contributed by atoms with Crippen molar-refractivity contribution >= 4 is 7.85 Å². The molecule has 0 aromatic carbocycles. The Labute approximate surface area is 85.7 Å². The Morgan fingerprint density at radius 2 is 2.20 bits per heavy atom. The molecule has 1 aromatic rings. The molecule has 0 saturated heterocycles. The van der Waals surface area contributed by atoms with Gasteiger partial charge in [0.2, 0.25) is 0 Å². The highest BCUT2D eigenvalue weighted by molar-refractivity contribution is 6.08. The molecule has 2 heterocycles. The van der Waals surface area contributed by atoms with Crippen molar-refractivity contribution in [2.75, 3.05) is 0 Å². The Balaban J connectivity index is 2.60. The second-order valence-corrected chi connectivity index (χ2v) is 3.56. The summed E-state index contributed by atoms with van der Waals surface area (Å²) in [4.78, 5) is 22.4. The third-order valence-electron chi connectivity index (χ3n) is 2.55. The van der Waals surface area contributed by atoms with Crippen molar-refractivity contribution in [2.24, 2.45) is 0 Å². The van der Waals surface area contributed by atoms with Crippen LogP contribution in [-0.2, 0) is 6.54 Å². The molecule has 80 valence electrons. The molecule has 1 aliphatic rings. The van der Waals surface area contributed by atoms with Crippen LogP contribution < -0.4 is 11.4 Å². The molecular formula is C8H11BFN3O2. The molecule has 0 spiro atoms. The maximum absolute atomic E-state index is 13.0. The first kappa shape index (κ1) is 10.0. The molecule has 0 saturated carbocycles. The van der Waals surface area contributed by atoms with Crippen LogP contribution in [0, 0.1) is 0 Å². The van der Waals surface area contributed by atoms with E-state index in [2.05, 4.69) is 0 Å². The van der Waals surface area contributed by atoms with Crippen LogP contribution in [0.1, 0.15) is 12.5 Å². The first-order valence-electron chi connectivity index (χ1n) is 4.94. The lowest BCUT2D eigenvalue weighted by Crippen LogP contribution is -2.32. The Hall–Kier alpha value is -1.53. The minimum atomic E-state index is -0.898. The number of aromatic nitrogens is 3. The molecule has 0 aliphatic carbocycles. The highest BCUT2D eigenvalue weighted by atomic mass is 19.2. The molecular weight excluding hydrogens is 200 g/mol. The van der Waals surface area contributed by atoms with Crippen LogP contribution in [0.15, 0.2) is 21.7 Å². The predicted octanol–water partition coefficient (Wildman–Crippen LogP) is -0.903. The van der Waals surface area contributed by atoms with E-state index >= 15 is 0 Å². The largest absolute Gasteiger partial charge is 0.376 e. The topological polar surface area (TPSA) is 48.9 Å². The first-order valence-corrected chi connectivity index (χ1v) is 4.94. The summed E-state index contributed by atoms with van der Waals surface area (Å²) in [6.07, 6.45) is 5.21. The van der Waals surface area contributed by atoms with E-state index in [9.17, 15) is 14.1 Å². The van der Waals surface area contributed by atoms with Gasteiger partial charge in [-0.1, -0.05) is 27.7 Å². The van der Waals surface area contributed by atoms with Crippen molar-refractivity contribution in [3.05, 3.63) is 33.1 Å². The van der Waals surface area contributed by atoms with Gasteiger partial charge < -0.3 is 0 Å². The van der Waals surface area contributed by atoms with Crippen molar-refractivity contribution in [1.82, 2.24) is 14.2 Å². The molecule has 1 unspecified atom stereocenters. The zero-order valence-corrected chi connectivity index (χ0v) is 8.39. The third kappa shape index (κ3) is 1.38. The minimum Gasteiger partial charge on any atom is -0.243 e. The Morgan fingerprint density at radius 1 is 1.47 bits per heavy atom. The monoisotopic (exact) mass is 211 g/mol. The maximum Gasteiger partial charge on any atom is 0.376 e. The molecule has 1 aromatic heterocycles. The van der Waals surface area contributed by atoms with Crippen LogP contribution in [0.2, 0.25) is 6.32 Å². The number of fused-ring (bicyclic) bond motifs is 1. The highest BCUT2D eigenvalue weighted by Crippen LogP contribution is 2.15. The number of hydrogen-bond donors (Lipinski definition) is 0. The Morgan fingerprint density at radius 3 is 2.87 bits per heavy atom. The fraction of sp³-hybridized carbons (Fsp3) is 0.500. The number of hydrogen-bond acceptors (Lipinski definition) is 2. The molecule has 0 amide bonds. The summed E-state index contributed by atoms with van der Waals surface area (Å²) in [6, 6.07) is -0.207. The van der Waals surface area contributed by atoms with E-state index in [1.165, 1.54) is 4.68 Å². The van der Waals surface area contributed by atoms with E-state index in [1.54, 1.807) is 6.08 Å². The number of rotatable bonds is 2. The molecule has 7 heteroatoms. The van der Waals surface area contributed by atoms with E-state index in [0.717, 1.165) is 17.4 Å². The van der Waals surface area contributed by atoms with Gasteiger partial charge in [0, 0.05) is 0 Å². The van der Waals surface area contributed by atoms with Crippen LogP contribution >= 0.6 is 0 Å². The third-order valence-corrected chi connectivity index (χ3v) is 2.55. The van der Waals surface area contributed by atoms with Gasteiger partial charge >= 0.3 is 11.4 Å². The van der Waals surface area contributed by atoms with Gasteiger partial charge in [-0.15, -0.1) is 0 Å². The van der Waals surface area contributed by atoms with Gasteiger partial charge in [0.25, 0.3) is 0 Å². The molecule has 1 atom stereocenters. The van der Waals surface area contributed by atoms with Crippen LogP contribution in [0.4, 0.5) is 4.48 Å². The lowest BCUT2D eigenvalue weighted by atomic mass is 9.97. The van der Waals surface area contributed by atoms with Crippen molar-refractivity contribution in [1.29, 1.82) is 0 Å². The summed E-state index contributed by atoms with van der Waals surface area (Å²) in [5.41, 5.74) is -1.78. The van der Waals surface area contributed by atoms with Gasteiger partial charge in [0.1, 0.15) is 7.85 Å². The van der Waals surface area contributed by atoms with E-state index < -0.39 is 11.4 Å². The zero-order chi connectivity index (χ0) is 11.0. The normalized spacial score (nSPS) is 19.1. The molecule has 0 bridgehead atoms. The summed E-state index contributed by atoms with van der Waals surface area (Å²) < 4.78 is 15.4. The Bertz CT molecular complexity index is 513. The molecule has 5 nitrogen and oxygen atoms in total. The van der Waals surface area contributed by atoms with E-state index in [1.807, 2.05) is 13.9 Å². The first-order chi connectivity index (χ1) is 7.16. The quantitative estimate of drug-likeness (QED) is 0.470. The van der Waals surface area contributed by atoms with E-state index in [4.69, 9.17) is 0 Å². The van der Waals surface area contributed by atoms with Crippen molar-refractivity contribution in [2.45, 2.75) is 25.3 Å². The van der Waals surface area contributed by atoms with Gasteiger partial charge in [-0.2, -0.15) is 0 Å². The summed E-state index contributed by atoms with van der Waals surface area (Å²) >= 11 is 0. The van der Waals surface area contributed by atoms with Gasteiger partial charge in [0.05, 0.1) is 12.6 Å². The van der Waals surface area contributed by atoms with E-state index in [-0.39, 0.29) is 17.4 Å². The number of nitrogens with zero attached hydrogens (tertiary/aromatic N) is 3. The van der Waals surface area contributed by atoms with Gasteiger partial charge in [0.15, 0.2) is 0 Å². The van der Waals surface area contributed by atoms with Crippen LogP contribution in [0.5, 0.6) is 0 Å². The van der Waals surface area contributed by atoms with Crippen molar-refractivity contribution < 1.29 is 4.48 Å². The zero-order valence-electron chi connectivity index (χ0n) is 8.39. The van der Waals surface area contributed by atoms with Gasteiger partial charge in [-0.3, -0.25) is 0 Å². The average Bonchev–Trinajstić information content (AvgIpc) is 2.46. The van der Waals surface area contributed by atoms with Crippen molar-refractivity contribution in [3.63, 3.8) is 0 Å².